The molecule has 1 aromatic rings. The van der Waals surface area contributed by atoms with Crippen molar-refractivity contribution in [2.45, 2.75) is 11.8 Å². The second kappa shape index (κ2) is 3.72. The van der Waals surface area contributed by atoms with E-state index in [1.807, 2.05) is 19.1 Å². The van der Waals surface area contributed by atoms with Gasteiger partial charge in [-0.3, -0.25) is 0 Å². The summed E-state index contributed by atoms with van der Waals surface area (Å²) < 4.78 is 0. The molecule has 0 aliphatic carbocycles. The highest BCUT2D eigenvalue weighted by Crippen LogP contribution is 2.21. The van der Waals surface area contributed by atoms with Crippen LogP contribution in [0.2, 0.25) is 0 Å². The van der Waals surface area contributed by atoms with Crippen LogP contribution in [0.3, 0.4) is 0 Å². The molecule has 1 rings (SSSR count). The third kappa shape index (κ3) is 2.08. The topological polar surface area (TPSA) is 37.3 Å². The quantitative estimate of drug-likeness (QED) is 0.791. The van der Waals surface area contributed by atoms with E-state index in [4.69, 9.17) is 5.11 Å². The molecule has 0 fully saturated rings. The van der Waals surface area contributed by atoms with Crippen LogP contribution in [0.4, 0.5) is 0 Å². The van der Waals surface area contributed by atoms with Crippen molar-refractivity contribution in [2.24, 2.45) is 0 Å². The second-order valence-electron chi connectivity index (χ2n) is 2.54. The van der Waals surface area contributed by atoms with Gasteiger partial charge in [0.15, 0.2) is 0 Å². The van der Waals surface area contributed by atoms with Crippen LogP contribution in [0.25, 0.3) is 0 Å². The van der Waals surface area contributed by atoms with Crippen LogP contribution in [-0.4, -0.2) is 11.1 Å². The van der Waals surface area contributed by atoms with Gasteiger partial charge in [-0.2, -0.15) is 0 Å². The zero-order valence-corrected chi connectivity index (χ0v) is 8.21. The summed E-state index contributed by atoms with van der Waals surface area (Å²) >= 11 is 3.40. The van der Waals surface area contributed by atoms with Crippen LogP contribution in [0.15, 0.2) is 24.3 Å². The Hall–Kier alpha value is -0.830. The molecule has 0 spiro atoms. The number of alkyl halides is 1. The zero-order chi connectivity index (χ0) is 9.14. The summed E-state index contributed by atoms with van der Waals surface area (Å²) in [5.74, 6) is -0.885. The smallest absolute Gasteiger partial charge is 0.335 e. The molecule has 3 heteroatoms. The van der Waals surface area contributed by atoms with Gasteiger partial charge in [0.1, 0.15) is 0 Å². The van der Waals surface area contributed by atoms with E-state index in [1.165, 1.54) is 0 Å². The first-order valence-electron chi connectivity index (χ1n) is 3.58. The Labute approximate surface area is 79.3 Å². The maximum atomic E-state index is 10.5. The van der Waals surface area contributed by atoms with Crippen molar-refractivity contribution in [3.8, 4) is 0 Å². The highest BCUT2D eigenvalue weighted by Gasteiger charge is 2.03. The van der Waals surface area contributed by atoms with E-state index >= 15 is 0 Å². The number of benzene rings is 1. The molecule has 0 unspecified atom stereocenters. The number of carboxylic acids is 1. The lowest BCUT2D eigenvalue weighted by atomic mass is 10.1. The largest absolute Gasteiger partial charge is 0.478 e. The number of halogens is 1. The van der Waals surface area contributed by atoms with E-state index in [0.717, 1.165) is 5.56 Å². The Bertz CT molecular complexity index is 277. The van der Waals surface area contributed by atoms with Gasteiger partial charge in [0.2, 0.25) is 0 Å². The lowest BCUT2D eigenvalue weighted by molar-refractivity contribution is 0.0697. The van der Waals surface area contributed by atoms with E-state index in [2.05, 4.69) is 15.9 Å². The number of hydrogen-bond donors (Lipinski definition) is 1. The molecular weight excluding hydrogens is 220 g/mol. The van der Waals surface area contributed by atoms with E-state index in [0.29, 0.717) is 5.56 Å². The van der Waals surface area contributed by atoms with E-state index in [9.17, 15) is 4.79 Å². The van der Waals surface area contributed by atoms with Gasteiger partial charge in [0.05, 0.1) is 5.56 Å². The molecule has 0 saturated carbocycles. The fourth-order valence-electron chi connectivity index (χ4n) is 0.891. The predicted octanol–water partition coefficient (Wildman–Crippen LogP) is 2.84. The van der Waals surface area contributed by atoms with Gasteiger partial charge in [0, 0.05) is 4.83 Å². The minimum atomic E-state index is -0.885. The fraction of sp³-hybridized carbons (Fsp3) is 0.222. The Kier molecular flexibility index (Phi) is 2.87. The summed E-state index contributed by atoms with van der Waals surface area (Å²) in [6.45, 7) is 2.00. The molecule has 1 N–H and O–H groups in total. The van der Waals surface area contributed by atoms with Gasteiger partial charge in [-0.15, -0.1) is 0 Å². The van der Waals surface area contributed by atoms with Crippen molar-refractivity contribution < 1.29 is 9.90 Å². The monoisotopic (exact) mass is 228 g/mol. The van der Waals surface area contributed by atoms with Crippen molar-refractivity contribution in [1.29, 1.82) is 0 Å². The average Bonchev–Trinajstić information content (AvgIpc) is 2.04. The predicted molar refractivity (Wildman–Crippen MR) is 50.7 cm³/mol. The molecule has 0 aromatic heterocycles. The lowest BCUT2D eigenvalue weighted by Crippen LogP contribution is -1.95. The molecule has 1 aromatic carbocycles. The summed E-state index contributed by atoms with van der Waals surface area (Å²) in [7, 11) is 0. The molecule has 64 valence electrons. The van der Waals surface area contributed by atoms with Crippen molar-refractivity contribution in [1.82, 2.24) is 0 Å². The molecule has 0 bridgehead atoms. The number of rotatable bonds is 2. The lowest BCUT2D eigenvalue weighted by Gasteiger charge is -2.02. The standard InChI is InChI=1S/C9H9BrO2/c1-6(10)7-2-4-8(5-3-7)9(11)12/h2-6H,1H3,(H,11,12)/t6-/m1/s1. The Morgan fingerprint density at radius 1 is 1.42 bits per heavy atom. The maximum Gasteiger partial charge on any atom is 0.335 e. The first-order valence-corrected chi connectivity index (χ1v) is 4.50. The number of carboxylic acid groups (broad SMARTS) is 1. The van der Waals surface area contributed by atoms with Gasteiger partial charge < -0.3 is 5.11 Å². The van der Waals surface area contributed by atoms with Crippen molar-refractivity contribution in [3.63, 3.8) is 0 Å². The highest BCUT2D eigenvalue weighted by atomic mass is 79.9. The van der Waals surface area contributed by atoms with Gasteiger partial charge in [0.25, 0.3) is 0 Å². The summed E-state index contributed by atoms with van der Waals surface area (Å²) in [5, 5.41) is 8.60. The number of hydrogen-bond acceptors (Lipinski definition) is 1. The molecule has 0 aliphatic heterocycles. The molecule has 0 saturated heterocycles. The van der Waals surface area contributed by atoms with Crippen LogP contribution in [0, 0.1) is 0 Å². The normalized spacial score (nSPS) is 12.5. The summed E-state index contributed by atoms with van der Waals surface area (Å²) in [5.41, 5.74) is 1.41. The minimum absolute atomic E-state index is 0.264. The van der Waals surface area contributed by atoms with Crippen molar-refractivity contribution in [2.75, 3.05) is 0 Å². The average molecular weight is 229 g/mol. The number of carbonyl (C=O) groups is 1. The van der Waals surface area contributed by atoms with Crippen LogP contribution in [0.1, 0.15) is 27.7 Å². The van der Waals surface area contributed by atoms with Crippen LogP contribution in [-0.2, 0) is 0 Å². The zero-order valence-electron chi connectivity index (χ0n) is 6.62. The molecule has 2 nitrogen and oxygen atoms in total. The van der Waals surface area contributed by atoms with Gasteiger partial charge in [-0.1, -0.05) is 28.1 Å². The Balaban J connectivity index is 2.93. The van der Waals surface area contributed by atoms with E-state index in [1.54, 1.807) is 12.1 Å². The van der Waals surface area contributed by atoms with Gasteiger partial charge in [-0.25, -0.2) is 4.79 Å². The summed E-state index contributed by atoms with van der Waals surface area (Å²) in [6, 6.07) is 6.83. The molecule has 1 atom stereocenters. The Morgan fingerprint density at radius 3 is 2.25 bits per heavy atom. The molecule has 0 amide bonds. The van der Waals surface area contributed by atoms with E-state index < -0.39 is 5.97 Å². The highest BCUT2D eigenvalue weighted by molar-refractivity contribution is 9.09. The number of aromatic carboxylic acids is 1. The molecule has 0 aliphatic rings. The SMILES string of the molecule is C[C@@H](Br)c1ccc(C(=O)O)cc1. The second-order valence-corrected chi connectivity index (χ2v) is 3.92. The van der Waals surface area contributed by atoms with Crippen molar-refractivity contribution in [3.05, 3.63) is 35.4 Å². The molecule has 0 radical (unpaired) electrons. The first-order chi connectivity index (χ1) is 5.61. The minimum Gasteiger partial charge on any atom is -0.478 e. The third-order valence-corrected chi connectivity index (χ3v) is 2.15. The van der Waals surface area contributed by atoms with Gasteiger partial charge >= 0.3 is 5.97 Å². The summed E-state index contributed by atoms with van der Waals surface area (Å²) in [4.78, 5) is 10.7. The molecular formula is C9H9BrO2. The fourth-order valence-corrected chi connectivity index (χ4v) is 1.20. The Morgan fingerprint density at radius 2 is 1.92 bits per heavy atom. The maximum absolute atomic E-state index is 10.5. The van der Waals surface area contributed by atoms with Gasteiger partial charge in [-0.05, 0) is 24.6 Å². The first kappa shape index (κ1) is 9.26. The summed E-state index contributed by atoms with van der Waals surface area (Å²) in [6.07, 6.45) is 0. The molecule has 0 heterocycles. The van der Waals surface area contributed by atoms with Crippen molar-refractivity contribution >= 4 is 21.9 Å². The van der Waals surface area contributed by atoms with Crippen LogP contribution >= 0.6 is 15.9 Å². The van der Waals surface area contributed by atoms with Crippen LogP contribution < -0.4 is 0 Å². The third-order valence-electron chi connectivity index (χ3n) is 1.62. The molecule has 12 heavy (non-hydrogen) atoms. The van der Waals surface area contributed by atoms with E-state index in [-0.39, 0.29) is 4.83 Å². The van der Waals surface area contributed by atoms with Crippen LogP contribution in [0.5, 0.6) is 0 Å².